The number of nitrogens with zero attached hydrogens (tertiary/aromatic N) is 2. The van der Waals surface area contributed by atoms with Gasteiger partial charge >= 0.3 is 0 Å². The number of anilines is 2. The lowest BCUT2D eigenvalue weighted by Gasteiger charge is -2.18. The number of benzene rings is 1. The summed E-state index contributed by atoms with van der Waals surface area (Å²) in [7, 11) is -0.00559. The van der Waals surface area contributed by atoms with Gasteiger partial charge in [-0.2, -0.15) is 0 Å². The van der Waals surface area contributed by atoms with Gasteiger partial charge in [-0.3, -0.25) is 4.72 Å². The quantitative estimate of drug-likeness (QED) is 0.882. The lowest BCUT2D eigenvalue weighted by atomic mass is 10.2. The van der Waals surface area contributed by atoms with Crippen LogP contribution in [0, 0.1) is 0 Å². The Bertz CT molecular complexity index is 717. The Morgan fingerprint density at radius 3 is 2.55 bits per heavy atom. The summed E-state index contributed by atoms with van der Waals surface area (Å²) in [6.45, 7) is 0. The molecule has 0 aliphatic carbocycles. The van der Waals surface area contributed by atoms with Gasteiger partial charge < -0.3 is 4.90 Å². The van der Waals surface area contributed by atoms with E-state index >= 15 is 0 Å². The Labute approximate surface area is 123 Å². The van der Waals surface area contributed by atoms with Gasteiger partial charge in [-0.15, -0.1) is 0 Å². The van der Waals surface area contributed by atoms with Crippen molar-refractivity contribution in [3.05, 3.63) is 47.7 Å². The predicted octanol–water partition coefficient (Wildman–Crippen LogP) is 2.60. The summed E-state index contributed by atoms with van der Waals surface area (Å²) >= 11 is 5.72. The molecular formula is C13H14ClN3O2S. The highest BCUT2D eigenvalue weighted by Crippen LogP contribution is 2.26. The number of pyridine rings is 1. The molecule has 1 aromatic heterocycles. The predicted molar refractivity (Wildman–Crippen MR) is 80.8 cm³/mol. The van der Waals surface area contributed by atoms with Crippen LogP contribution in [0.4, 0.5) is 11.4 Å². The zero-order valence-electron chi connectivity index (χ0n) is 11.0. The van der Waals surface area contributed by atoms with E-state index < -0.39 is 10.0 Å². The first-order chi connectivity index (χ1) is 9.40. The third-order valence-corrected chi connectivity index (χ3v) is 4.21. The van der Waals surface area contributed by atoms with Crippen LogP contribution in [0.25, 0.3) is 0 Å². The number of para-hydroxylation sites is 2. The summed E-state index contributed by atoms with van der Waals surface area (Å²) in [6.07, 6.45) is 1.36. The maximum atomic E-state index is 12.3. The smallest absolute Gasteiger partial charge is 0.262 e. The molecule has 7 heteroatoms. The maximum Gasteiger partial charge on any atom is 0.262 e. The molecule has 0 atom stereocenters. The van der Waals surface area contributed by atoms with E-state index in [1.165, 1.54) is 18.3 Å². The molecule has 0 bridgehead atoms. The second kappa shape index (κ2) is 5.68. The highest BCUT2D eigenvalue weighted by Gasteiger charge is 2.17. The van der Waals surface area contributed by atoms with E-state index in [0.717, 1.165) is 5.69 Å². The Morgan fingerprint density at radius 1 is 1.20 bits per heavy atom. The van der Waals surface area contributed by atoms with Crippen molar-refractivity contribution in [2.45, 2.75) is 4.90 Å². The van der Waals surface area contributed by atoms with Crippen molar-refractivity contribution < 1.29 is 8.42 Å². The van der Waals surface area contributed by atoms with E-state index in [0.29, 0.717) is 5.69 Å². The van der Waals surface area contributed by atoms with Crippen molar-refractivity contribution in [2.24, 2.45) is 0 Å². The summed E-state index contributed by atoms with van der Waals surface area (Å²) < 4.78 is 27.2. The highest BCUT2D eigenvalue weighted by atomic mass is 35.5. The van der Waals surface area contributed by atoms with Gasteiger partial charge in [0.2, 0.25) is 0 Å². The number of hydrogen-bond acceptors (Lipinski definition) is 4. The van der Waals surface area contributed by atoms with Crippen molar-refractivity contribution in [3.8, 4) is 0 Å². The molecule has 0 aliphatic rings. The molecule has 0 spiro atoms. The molecule has 0 fully saturated rings. The molecule has 20 heavy (non-hydrogen) atoms. The standard InChI is InChI=1S/C13H14ClN3O2S/c1-17(2)12-6-4-3-5-11(12)16-20(18,19)10-7-8-15-13(14)9-10/h3-9,16H,1-2H3. The minimum Gasteiger partial charge on any atom is -0.376 e. The molecule has 106 valence electrons. The van der Waals surface area contributed by atoms with Gasteiger partial charge in [-0.05, 0) is 24.3 Å². The molecule has 0 aliphatic heterocycles. The van der Waals surface area contributed by atoms with E-state index in [-0.39, 0.29) is 10.0 Å². The first-order valence-corrected chi connectivity index (χ1v) is 7.67. The number of nitrogens with one attached hydrogen (secondary N) is 1. The van der Waals surface area contributed by atoms with Crippen LogP contribution >= 0.6 is 11.6 Å². The number of sulfonamides is 1. The molecule has 1 N–H and O–H groups in total. The Balaban J connectivity index is 2.39. The second-order valence-corrected chi connectivity index (χ2v) is 6.40. The average molecular weight is 312 g/mol. The van der Waals surface area contributed by atoms with E-state index in [1.807, 2.05) is 31.1 Å². The number of rotatable bonds is 4. The van der Waals surface area contributed by atoms with Crippen LogP contribution in [0.15, 0.2) is 47.5 Å². The zero-order chi connectivity index (χ0) is 14.8. The third kappa shape index (κ3) is 3.20. The van der Waals surface area contributed by atoms with E-state index in [9.17, 15) is 8.42 Å². The van der Waals surface area contributed by atoms with Crippen LogP contribution in [-0.2, 0) is 10.0 Å². The van der Waals surface area contributed by atoms with E-state index in [1.54, 1.807) is 12.1 Å². The fourth-order valence-corrected chi connectivity index (χ4v) is 3.03. The lowest BCUT2D eigenvalue weighted by Crippen LogP contribution is -2.17. The Morgan fingerprint density at radius 2 is 1.90 bits per heavy atom. The van der Waals surface area contributed by atoms with Gasteiger partial charge in [0, 0.05) is 20.3 Å². The molecule has 1 aromatic carbocycles. The maximum absolute atomic E-state index is 12.3. The van der Waals surface area contributed by atoms with Crippen LogP contribution in [0.1, 0.15) is 0 Å². The third-order valence-electron chi connectivity index (χ3n) is 2.64. The van der Waals surface area contributed by atoms with Gasteiger partial charge in [0.25, 0.3) is 10.0 Å². The number of hydrogen-bond donors (Lipinski definition) is 1. The van der Waals surface area contributed by atoms with Crippen molar-refractivity contribution in [2.75, 3.05) is 23.7 Å². The van der Waals surface area contributed by atoms with Crippen LogP contribution in [0.5, 0.6) is 0 Å². The molecule has 2 rings (SSSR count). The molecule has 0 amide bonds. The average Bonchev–Trinajstić information content (AvgIpc) is 2.38. The van der Waals surface area contributed by atoms with Gasteiger partial charge in [0.15, 0.2) is 0 Å². The van der Waals surface area contributed by atoms with E-state index in [2.05, 4.69) is 9.71 Å². The van der Waals surface area contributed by atoms with Gasteiger partial charge in [-0.25, -0.2) is 13.4 Å². The van der Waals surface area contributed by atoms with Crippen LogP contribution < -0.4 is 9.62 Å². The van der Waals surface area contributed by atoms with Crippen LogP contribution in [-0.4, -0.2) is 27.5 Å². The molecule has 5 nitrogen and oxygen atoms in total. The fraction of sp³-hybridized carbons (Fsp3) is 0.154. The highest BCUT2D eigenvalue weighted by molar-refractivity contribution is 7.92. The molecule has 0 saturated carbocycles. The molecule has 0 unspecified atom stereocenters. The zero-order valence-corrected chi connectivity index (χ0v) is 12.6. The summed E-state index contributed by atoms with van der Waals surface area (Å²) in [5.41, 5.74) is 1.28. The molecular weight excluding hydrogens is 298 g/mol. The normalized spacial score (nSPS) is 11.2. The van der Waals surface area contributed by atoms with Crippen molar-refractivity contribution in [3.63, 3.8) is 0 Å². The lowest BCUT2D eigenvalue weighted by molar-refractivity contribution is 0.601. The van der Waals surface area contributed by atoms with Crippen LogP contribution in [0.2, 0.25) is 5.15 Å². The first kappa shape index (κ1) is 14.6. The molecule has 2 aromatic rings. The Hall–Kier alpha value is -1.79. The van der Waals surface area contributed by atoms with Gasteiger partial charge in [0.05, 0.1) is 16.3 Å². The fourth-order valence-electron chi connectivity index (χ4n) is 1.71. The minimum atomic E-state index is -3.69. The number of aromatic nitrogens is 1. The summed E-state index contributed by atoms with van der Waals surface area (Å²) in [6, 6.07) is 9.85. The summed E-state index contributed by atoms with van der Waals surface area (Å²) in [5, 5.41) is 0.133. The molecule has 0 saturated heterocycles. The Kier molecular flexibility index (Phi) is 4.15. The van der Waals surface area contributed by atoms with Gasteiger partial charge in [-0.1, -0.05) is 23.7 Å². The SMILES string of the molecule is CN(C)c1ccccc1NS(=O)(=O)c1ccnc(Cl)c1. The summed E-state index contributed by atoms with van der Waals surface area (Å²) in [5.74, 6) is 0. The second-order valence-electron chi connectivity index (χ2n) is 4.33. The van der Waals surface area contributed by atoms with Crippen LogP contribution in [0.3, 0.4) is 0 Å². The number of halogens is 1. The van der Waals surface area contributed by atoms with Crippen molar-refractivity contribution in [1.82, 2.24) is 4.98 Å². The first-order valence-electron chi connectivity index (χ1n) is 5.81. The van der Waals surface area contributed by atoms with Crippen molar-refractivity contribution in [1.29, 1.82) is 0 Å². The molecule has 1 heterocycles. The minimum absolute atomic E-state index is 0.0751. The van der Waals surface area contributed by atoms with Crippen molar-refractivity contribution >= 4 is 33.0 Å². The van der Waals surface area contributed by atoms with E-state index in [4.69, 9.17) is 11.6 Å². The topological polar surface area (TPSA) is 62.3 Å². The van der Waals surface area contributed by atoms with Gasteiger partial charge in [0.1, 0.15) is 5.15 Å². The largest absolute Gasteiger partial charge is 0.376 e. The molecule has 0 radical (unpaired) electrons. The monoisotopic (exact) mass is 311 g/mol. The summed E-state index contributed by atoms with van der Waals surface area (Å²) in [4.78, 5) is 5.68.